The van der Waals surface area contributed by atoms with Crippen LogP contribution in [0.2, 0.25) is 0 Å². The van der Waals surface area contributed by atoms with Gasteiger partial charge in [0.1, 0.15) is 5.75 Å². The summed E-state index contributed by atoms with van der Waals surface area (Å²) in [6.07, 6.45) is 0. The number of benzene rings is 1. The van der Waals surface area contributed by atoms with Crippen molar-refractivity contribution in [2.24, 2.45) is 0 Å². The maximum absolute atomic E-state index is 10.7. The monoisotopic (exact) mass is 524 g/mol. The molecule has 5 nitrogen and oxygen atoms in total. The Morgan fingerprint density at radius 1 is 0.647 bits per heavy atom. The first kappa shape index (κ1) is 27.2. The molecule has 3 rings (SSSR count). The van der Waals surface area contributed by atoms with Crippen molar-refractivity contribution in [3.63, 3.8) is 0 Å². The van der Waals surface area contributed by atoms with Gasteiger partial charge in [-0.25, -0.2) is 0 Å². The van der Waals surface area contributed by atoms with E-state index < -0.39 is 5.92 Å². The van der Waals surface area contributed by atoms with Gasteiger partial charge >= 0.3 is 22.4 Å². The van der Waals surface area contributed by atoms with Crippen LogP contribution in [0.15, 0.2) is 60.7 Å². The molecule has 6 heteroatoms. The van der Waals surface area contributed by atoms with Crippen LogP contribution in [-0.2, 0) is 0 Å². The summed E-state index contributed by atoms with van der Waals surface area (Å²) in [4.78, 5) is 21.4. The zero-order chi connectivity index (χ0) is 24.3. The van der Waals surface area contributed by atoms with E-state index in [0.717, 1.165) is 16.7 Å². The van der Waals surface area contributed by atoms with E-state index in [1.165, 1.54) is 0 Å². The van der Waals surface area contributed by atoms with E-state index in [-0.39, 0.29) is 51.8 Å². The van der Waals surface area contributed by atoms with Gasteiger partial charge in [0.15, 0.2) is 0 Å². The van der Waals surface area contributed by atoms with Crippen molar-refractivity contribution in [1.82, 2.24) is 0 Å². The molecule has 0 saturated heterocycles. The van der Waals surface area contributed by atoms with Gasteiger partial charge in [-0.1, -0.05) is 52.0 Å². The summed E-state index contributed by atoms with van der Waals surface area (Å²) in [6.45, 7) is 8.13. The summed E-state index contributed by atoms with van der Waals surface area (Å²) in [5, 5.41) is 17.5. The molecule has 34 heavy (non-hydrogen) atoms. The van der Waals surface area contributed by atoms with Crippen molar-refractivity contribution in [2.45, 2.75) is 45.4 Å². The molecule has 0 saturated carbocycles. The molecule has 3 aromatic carbocycles. The first-order valence-corrected chi connectivity index (χ1v) is 11.1. The third kappa shape index (κ3) is 5.70. The number of methoxy groups -OCH3 is 1. The van der Waals surface area contributed by atoms with Gasteiger partial charge in [0.25, 0.3) is 0 Å². The molecule has 0 unspecified atom stereocenters. The second kappa shape index (κ2) is 11.4. The number of ether oxygens (including phenoxy) is 1. The third-order valence-corrected chi connectivity index (χ3v) is 6.01. The van der Waals surface area contributed by atoms with Gasteiger partial charge in [-0.15, -0.1) is 0 Å². The van der Waals surface area contributed by atoms with Crippen LogP contribution in [0.25, 0.3) is 0 Å². The summed E-state index contributed by atoms with van der Waals surface area (Å²) in [7, 11) is 1.60. The maximum atomic E-state index is 10.7. The van der Waals surface area contributed by atoms with E-state index in [0.29, 0.717) is 16.9 Å². The van der Waals surface area contributed by atoms with Gasteiger partial charge in [-0.3, -0.25) is 9.59 Å². The molecule has 0 heterocycles. The van der Waals surface area contributed by atoms with Crippen LogP contribution < -0.4 is 15.6 Å². The second-order valence-corrected chi connectivity index (χ2v) is 8.90. The fourth-order valence-electron chi connectivity index (χ4n) is 3.91. The molecule has 0 aliphatic carbocycles. The summed E-state index contributed by atoms with van der Waals surface area (Å²) < 4.78 is 5.31. The topological polar surface area (TPSA) is 97.8 Å². The zero-order valence-corrected chi connectivity index (χ0v) is 22.4. The molecule has 6 N–H and O–H groups in total. The molecule has 4 radical (unpaired) electrons. The van der Waals surface area contributed by atoms with Crippen molar-refractivity contribution in [3.05, 3.63) is 99.3 Å². The summed E-state index contributed by atoms with van der Waals surface area (Å²) in [5.74, 6) is 0.492. The van der Waals surface area contributed by atoms with Crippen LogP contribution in [0.4, 0.5) is 0 Å². The van der Waals surface area contributed by atoms with Gasteiger partial charge in [-0.05, 0) is 52.8 Å². The summed E-state index contributed by atoms with van der Waals surface area (Å²) in [5.41, 5.74) is 3.52. The minimum absolute atomic E-state index is 0. The summed E-state index contributed by atoms with van der Waals surface area (Å²) in [6, 6.07) is 18.2. The number of hydrogen-bond donors (Lipinski definition) is 0. The Kier molecular flexibility index (Phi) is 9.10. The van der Waals surface area contributed by atoms with Gasteiger partial charge in [0, 0.05) is 17.6 Å². The Morgan fingerprint density at radius 3 is 1.38 bits per heavy atom. The van der Waals surface area contributed by atoms with Crippen molar-refractivity contribution in [3.8, 4) is 17.2 Å². The predicted molar refractivity (Wildman–Crippen MR) is 137 cm³/mol. The Hall–Kier alpha value is -3.06. The Balaban J connectivity index is 0.00000408. The van der Waals surface area contributed by atoms with E-state index in [1.807, 2.05) is 76.2 Å². The molecule has 0 amide bonds. The van der Waals surface area contributed by atoms with Crippen molar-refractivity contribution in [1.29, 1.82) is 0 Å². The normalized spacial score (nSPS) is 11.7. The smallest absolute Gasteiger partial charge is 0.433 e. The van der Waals surface area contributed by atoms with Crippen LogP contribution in [0.3, 0.4) is 0 Å². The van der Waals surface area contributed by atoms with Crippen molar-refractivity contribution >= 4 is 17.6 Å². The minimum atomic E-state index is -0.549. The Labute approximate surface area is 211 Å². The van der Waals surface area contributed by atoms with E-state index in [9.17, 15) is 9.59 Å². The zero-order valence-electron chi connectivity index (χ0n) is 20.3. The SMILES string of the molecule is COc1ccc(C(c2ccc(C(C)C)cc(=[OH+])c2[OH2+])c2ccc(C(C)C)cc(=[OH+])c2[OH2+])cc1.[Ge]. The van der Waals surface area contributed by atoms with Gasteiger partial charge in [-0.2, -0.15) is 0 Å². The fraction of sp³-hybridized carbons (Fsp3) is 0.286. The third-order valence-electron chi connectivity index (χ3n) is 6.01. The molecule has 0 bridgehead atoms. The largest absolute Gasteiger partial charge is 0.586 e. The average Bonchev–Trinajstić information content (AvgIpc) is 3.03. The van der Waals surface area contributed by atoms with Crippen LogP contribution in [-0.4, -0.2) is 44.5 Å². The van der Waals surface area contributed by atoms with Crippen LogP contribution >= 0.6 is 0 Å². The standard InChI is InChI=1S/C28H30O5.Ge/c1-16(2)19-8-12-22(27(31)24(29)14-19)26(18-6-10-21(33-5)11-7-18)23-13-9-20(17(3)4)15-25(30)28(23)32;/h6-17,26H,1-5H3,(H,29,31)(H,30,32);/p+4. The molecule has 0 aliphatic rings. The molecule has 0 aliphatic heterocycles. The molecule has 0 spiro atoms. The van der Waals surface area contributed by atoms with Crippen LogP contribution in [0, 0.1) is 0 Å². The fourth-order valence-corrected chi connectivity index (χ4v) is 3.91. The van der Waals surface area contributed by atoms with Gasteiger partial charge in [0.2, 0.25) is 0 Å². The molecular formula is C28H34GeO5+4. The molecule has 0 aromatic heterocycles. The number of rotatable bonds is 6. The van der Waals surface area contributed by atoms with Crippen molar-refractivity contribution < 1.29 is 24.5 Å². The molecule has 0 fully saturated rings. The summed E-state index contributed by atoms with van der Waals surface area (Å²) >= 11 is 0. The molecule has 3 aromatic rings. The van der Waals surface area contributed by atoms with Gasteiger partial charge in [0.05, 0.1) is 36.3 Å². The second-order valence-electron chi connectivity index (χ2n) is 8.90. The van der Waals surface area contributed by atoms with E-state index in [4.69, 9.17) is 14.9 Å². The van der Waals surface area contributed by atoms with E-state index in [2.05, 4.69) is 0 Å². The number of hydrogen-bond acceptors (Lipinski definition) is 1. The van der Waals surface area contributed by atoms with E-state index >= 15 is 0 Å². The van der Waals surface area contributed by atoms with Crippen LogP contribution in [0.5, 0.6) is 17.2 Å². The van der Waals surface area contributed by atoms with Crippen LogP contribution in [0.1, 0.15) is 73.3 Å². The van der Waals surface area contributed by atoms with E-state index in [1.54, 1.807) is 19.2 Å². The quantitative estimate of drug-likeness (QED) is 0.358. The average molecular weight is 523 g/mol. The predicted octanol–water partition coefficient (Wildman–Crippen LogP) is 3.63. The molecule has 0 atom stereocenters. The van der Waals surface area contributed by atoms with Gasteiger partial charge < -0.3 is 14.9 Å². The molecular weight excluding hydrogens is 489 g/mol. The minimum Gasteiger partial charge on any atom is -0.586 e. The Bertz CT molecular complexity index is 1190. The Morgan fingerprint density at radius 2 is 1.03 bits per heavy atom. The molecule has 176 valence electrons. The maximum Gasteiger partial charge on any atom is 0.433 e. The first-order chi connectivity index (χ1) is 15.6. The van der Waals surface area contributed by atoms with Crippen molar-refractivity contribution in [2.75, 3.05) is 7.11 Å². The first-order valence-electron chi connectivity index (χ1n) is 11.1.